The summed E-state index contributed by atoms with van der Waals surface area (Å²) < 4.78 is 0. The number of para-hydroxylation sites is 1. The molecule has 0 radical (unpaired) electrons. The normalized spacial score (nSPS) is 10.8. The first-order valence-electron chi connectivity index (χ1n) is 8.23. The lowest BCUT2D eigenvalue weighted by Crippen LogP contribution is -2.07. The molecule has 0 saturated heterocycles. The van der Waals surface area contributed by atoms with Crippen LogP contribution >= 0.6 is 11.6 Å². The third kappa shape index (κ3) is 3.19. The van der Waals surface area contributed by atoms with Crippen molar-refractivity contribution in [2.24, 2.45) is 0 Å². The Morgan fingerprint density at radius 1 is 1.00 bits per heavy atom. The van der Waals surface area contributed by atoms with Crippen molar-refractivity contribution in [3.05, 3.63) is 87.7 Å². The number of halogens is 1. The van der Waals surface area contributed by atoms with Crippen LogP contribution in [-0.4, -0.2) is 9.97 Å². The summed E-state index contributed by atoms with van der Waals surface area (Å²) in [6, 6.07) is 21.0. The van der Waals surface area contributed by atoms with E-state index in [1.165, 1.54) is 11.6 Å². The number of H-pyrrole nitrogens is 1. The molecular weight excluding hydrogens is 346 g/mol. The zero-order valence-electron chi connectivity index (χ0n) is 14.1. The van der Waals surface area contributed by atoms with Crippen molar-refractivity contribution >= 4 is 34.0 Å². The summed E-state index contributed by atoms with van der Waals surface area (Å²) in [5.41, 5.74) is 4.19. The third-order valence-electron chi connectivity index (χ3n) is 4.17. The SMILES string of the molecule is Cc1ccc(-c2cc3[nH]c(Nc4ccccc4)cc(=O)c3c(Cl)n2)cc1. The minimum Gasteiger partial charge on any atom is -0.342 e. The second-order valence-electron chi connectivity index (χ2n) is 6.13. The van der Waals surface area contributed by atoms with Crippen LogP contribution in [0.1, 0.15) is 5.56 Å². The van der Waals surface area contributed by atoms with Crippen molar-refractivity contribution in [1.82, 2.24) is 9.97 Å². The fourth-order valence-corrected chi connectivity index (χ4v) is 3.13. The van der Waals surface area contributed by atoms with Crippen LogP contribution in [0.25, 0.3) is 22.2 Å². The van der Waals surface area contributed by atoms with Crippen LogP contribution in [0.15, 0.2) is 71.5 Å². The van der Waals surface area contributed by atoms with Gasteiger partial charge in [-0.15, -0.1) is 0 Å². The fourth-order valence-electron chi connectivity index (χ4n) is 2.85. The quantitative estimate of drug-likeness (QED) is 0.487. The molecule has 0 aliphatic heterocycles. The standard InChI is InChI=1S/C21H16ClN3O/c1-13-7-9-14(10-8-13)16-11-17-20(21(22)25-16)18(26)12-19(24-17)23-15-5-3-2-4-6-15/h2-12H,1H3,(H2,23,24,26). The van der Waals surface area contributed by atoms with E-state index in [9.17, 15) is 4.79 Å². The molecule has 4 rings (SSSR count). The first kappa shape index (κ1) is 16.4. The molecular formula is C21H16ClN3O. The van der Waals surface area contributed by atoms with Crippen LogP contribution in [0, 0.1) is 6.92 Å². The zero-order valence-corrected chi connectivity index (χ0v) is 14.8. The van der Waals surface area contributed by atoms with Gasteiger partial charge in [-0.25, -0.2) is 4.98 Å². The number of aromatic amines is 1. The van der Waals surface area contributed by atoms with Crippen molar-refractivity contribution in [2.75, 3.05) is 5.32 Å². The molecule has 4 nitrogen and oxygen atoms in total. The molecule has 5 heteroatoms. The Bertz CT molecular complexity index is 1140. The Morgan fingerprint density at radius 2 is 1.73 bits per heavy atom. The van der Waals surface area contributed by atoms with E-state index in [1.54, 1.807) is 0 Å². The van der Waals surface area contributed by atoms with E-state index in [4.69, 9.17) is 11.6 Å². The lowest BCUT2D eigenvalue weighted by atomic mass is 10.1. The molecule has 2 heterocycles. The Labute approximate surface area is 155 Å². The Balaban J connectivity index is 1.83. The van der Waals surface area contributed by atoms with Crippen LogP contribution in [0.3, 0.4) is 0 Å². The number of pyridine rings is 2. The lowest BCUT2D eigenvalue weighted by molar-refractivity contribution is 1.30. The number of anilines is 2. The Hall–Kier alpha value is -3.11. The number of aromatic nitrogens is 2. The van der Waals surface area contributed by atoms with Gasteiger partial charge in [-0.3, -0.25) is 4.79 Å². The number of benzene rings is 2. The van der Waals surface area contributed by atoms with Gasteiger partial charge in [-0.05, 0) is 25.1 Å². The highest BCUT2D eigenvalue weighted by Crippen LogP contribution is 2.26. The maximum absolute atomic E-state index is 12.5. The van der Waals surface area contributed by atoms with Crippen LogP contribution in [-0.2, 0) is 0 Å². The summed E-state index contributed by atoms with van der Waals surface area (Å²) in [5.74, 6) is 0.603. The zero-order chi connectivity index (χ0) is 18.1. The van der Waals surface area contributed by atoms with Crippen molar-refractivity contribution < 1.29 is 0 Å². The Kier molecular flexibility index (Phi) is 4.19. The molecule has 0 atom stereocenters. The second-order valence-corrected chi connectivity index (χ2v) is 6.48. The van der Waals surface area contributed by atoms with Gasteiger partial charge >= 0.3 is 0 Å². The molecule has 2 N–H and O–H groups in total. The monoisotopic (exact) mass is 361 g/mol. The number of fused-ring (bicyclic) bond motifs is 1. The van der Waals surface area contributed by atoms with Crippen molar-refractivity contribution in [2.45, 2.75) is 6.92 Å². The van der Waals surface area contributed by atoms with E-state index >= 15 is 0 Å². The van der Waals surface area contributed by atoms with Gasteiger partial charge in [-0.1, -0.05) is 59.6 Å². The van der Waals surface area contributed by atoms with Gasteiger partial charge < -0.3 is 10.3 Å². The fraction of sp³-hybridized carbons (Fsp3) is 0.0476. The van der Waals surface area contributed by atoms with Crippen molar-refractivity contribution in [3.8, 4) is 11.3 Å². The number of aryl methyl sites for hydroxylation is 1. The van der Waals surface area contributed by atoms with E-state index in [0.717, 1.165) is 16.9 Å². The predicted molar refractivity (Wildman–Crippen MR) is 107 cm³/mol. The van der Waals surface area contributed by atoms with E-state index in [1.807, 2.05) is 67.6 Å². The van der Waals surface area contributed by atoms with Crippen molar-refractivity contribution in [1.29, 1.82) is 0 Å². The minimum absolute atomic E-state index is 0.176. The first-order valence-corrected chi connectivity index (χ1v) is 8.61. The molecule has 2 aromatic heterocycles. The molecule has 0 aliphatic carbocycles. The van der Waals surface area contributed by atoms with Crippen LogP contribution < -0.4 is 10.7 Å². The topological polar surface area (TPSA) is 57.8 Å². The highest BCUT2D eigenvalue weighted by atomic mass is 35.5. The molecule has 0 bridgehead atoms. The van der Waals surface area contributed by atoms with Gasteiger partial charge in [-0.2, -0.15) is 0 Å². The second kappa shape index (κ2) is 6.65. The molecule has 128 valence electrons. The number of hydrogen-bond acceptors (Lipinski definition) is 3. The maximum atomic E-state index is 12.5. The van der Waals surface area contributed by atoms with Gasteiger partial charge in [0.2, 0.25) is 0 Å². The van der Waals surface area contributed by atoms with E-state index in [0.29, 0.717) is 16.7 Å². The average Bonchev–Trinajstić information content (AvgIpc) is 2.62. The van der Waals surface area contributed by atoms with E-state index < -0.39 is 0 Å². The predicted octanol–water partition coefficient (Wildman–Crippen LogP) is 5.30. The summed E-state index contributed by atoms with van der Waals surface area (Å²) in [6.45, 7) is 2.03. The molecule has 0 fully saturated rings. The molecule has 4 aromatic rings. The maximum Gasteiger partial charge on any atom is 0.194 e. The smallest absolute Gasteiger partial charge is 0.194 e. The van der Waals surface area contributed by atoms with Crippen LogP contribution in [0.4, 0.5) is 11.5 Å². The van der Waals surface area contributed by atoms with E-state index in [-0.39, 0.29) is 10.6 Å². The van der Waals surface area contributed by atoms with Gasteiger partial charge in [0.25, 0.3) is 0 Å². The van der Waals surface area contributed by atoms with Gasteiger partial charge in [0.15, 0.2) is 5.43 Å². The summed E-state index contributed by atoms with van der Waals surface area (Å²) in [7, 11) is 0. The number of nitrogens with zero attached hydrogens (tertiary/aromatic N) is 1. The largest absolute Gasteiger partial charge is 0.342 e. The minimum atomic E-state index is -0.176. The number of rotatable bonds is 3. The molecule has 0 saturated carbocycles. The van der Waals surface area contributed by atoms with E-state index in [2.05, 4.69) is 15.3 Å². The summed E-state index contributed by atoms with van der Waals surface area (Å²) in [4.78, 5) is 20.2. The number of hydrogen-bond donors (Lipinski definition) is 2. The lowest BCUT2D eigenvalue weighted by Gasteiger charge is -2.10. The third-order valence-corrected chi connectivity index (χ3v) is 4.44. The highest BCUT2D eigenvalue weighted by molar-refractivity contribution is 6.34. The van der Waals surface area contributed by atoms with Crippen LogP contribution in [0.5, 0.6) is 0 Å². The first-order chi connectivity index (χ1) is 12.6. The van der Waals surface area contributed by atoms with Gasteiger partial charge in [0.1, 0.15) is 11.0 Å². The summed E-state index contributed by atoms with van der Waals surface area (Å²) >= 11 is 6.31. The molecule has 26 heavy (non-hydrogen) atoms. The highest BCUT2D eigenvalue weighted by Gasteiger charge is 2.11. The summed E-state index contributed by atoms with van der Waals surface area (Å²) in [6.07, 6.45) is 0. The molecule has 0 unspecified atom stereocenters. The average molecular weight is 362 g/mol. The molecule has 2 aromatic carbocycles. The molecule has 0 spiro atoms. The van der Waals surface area contributed by atoms with Gasteiger partial charge in [0.05, 0.1) is 16.6 Å². The summed E-state index contributed by atoms with van der Waals surface area (Å²) in [5, 5.41) is 3.79. The molecule has 0 amide bonds. The van der Waals surface area contributed by atoms with Gasteiger partial charge in [0, 0.05) is 17.3 Å². The van der Waals surface area contributed by atoms with Crippen LogP contribution in [0.2, 0.25) is 5.15 Å². The van der Waals surface area contributed by atoms with Crippen molar-refractivity contribution in [3.63, 3.8) is 0 Å². The number of nitrogens with one attached hydrogen (secondary N) is 2. The molecule has 0 aliphatic rings. The Morgan fingerprint density at radius 3 is 2.46 bits per heavy atom.